The van der Waals surface area contributed by atoms with Crippen LogP contribution in [0.3, 0.4) is 0 Å². The number of rotatable bonds is 7. The van der Waals surface area contributed by atoms with Gasteiger partial charge in [0, 0.05) is 33.8 Å². The fourth-order valence-electron chi connectivity index (χ4n) is 5.15. The SMILES string of the molecule is CC(c1ccnc(-c2cccc3cc([C@@H](NS(=O)(=O)c4ccc5c(c4)OCCCO5)C4=CCCC=C4)sc23)c1)C(F)(F)F. The first-order chi connectivity index (χ1) is 20.6. The number of halogens is 3. The van der Waals surface area contributed by atoms with E-state index in [1.807, 2.05) is 42.5 Å². The molecule has 0 saturated heterocycles. The fraction of sp³-hybridized carbons (Fsp3) is 0.281. The molecule has 0 fully saturated rings. The average molecular weight is 627 g/mol. The molecule has 2 aromatic carbocycles. The second-order valence-corrected chi connectivity index (χ2v) is 13.3. The first kappa shape index (κ1) is 29.4. The summed E-state index contributed by atoms with van der Waals surface area (Å²) in [7, 11) is -4.00. The molecule has 224 valence electrons. The lowest BCUT2D eigenvalue weighted by molar-refractivity contribution is -0.146. The summed E-state index contributed by atoms with van der Waals surface area (Å²) >= 11 is 1.39. The smallest absolute Gasteiger partial charge is 0.395 e. The van der Waals surface area contributed by atoms with E-state index >= 15 is 0 Å². The van der Waals surface area contributed by atoms with Crippen molar-refractivity contribution in [2.45, 2.75) is 49.2 Å². The lowest BCUT2D eigenvalue weighted by Crippen LogP contribution is -2.29. The van der Waals surface area contributed by atoms with Crippen LogP contribution in [0.5, 0.6) is 11.5 Å². The van der Waals surface area contributed by atoms with E-state index in [9.17, 15) is 21.6 Å². The summed E-state index contributed by atoms with van der Waals surface area (Å²) in [6.45, 7) is 2.06. The van der Waals surface area contributed by atoms with Crippen molar-refractivity contribution in [2.24, 2.45) is 0 Å². The van der Waals surface area contributed by atoms with Crippen LogP contribution < -0.4 is 14.2 Å². The van der Waals surface area contributed by atoms with Gasteiger partial charge in [-0.25, -0.2) is 8.42 Å². The summed E-state index contributed by atoms with van der Waals surface area (Å²) in [6, 6.07) is 14.2. The third kappa shape index (κ3) is 6.20. The van der Waals surface area contributed by atoms with Crippen molar-refractivity contribution < 1.29 is 31.1 Å². The minimum atomic E-state index is -4.37. The number of hydrogen-bond donors (Lipinski definition) is 1. The van der Waals surface area contributed by atoms with Gasteiger partial charge in [0.05, 0.1) is 35.8 Å². The van der Waals surface area contributed by atoms with E-state index in [0.29, 0.717) is 42.4 Å². The summed E-state index contributed by atoms with van der Waals surface area (Å²) in [5.41, 5.74) is 2.05. The zero-order chi connectivity index (χ0) is 30.2. The summed E-state index contributed by atoms with van der Waals surface area (Å²) in [4.78, 5) is 5.20. The number of thiophene rings is 1. The number of benzene rings is 2. The van der Waals surface area contributed by atoms with Gasteiger partial charge in [0.25, 0.3) is 0 Å². The first-order valence-corrected chi connectivity index (χ1v) is 16.2. The molecular formula is C32H29F3N2O4S2. The van der Waals surface area contributed by atoms with E-state index in [2.05, 4.69) is 9.71 Å². The highest BCUT2D eigenvalue weighted by Gasteiger charge is 2.37. The Labute approximate surface area is 251 Å². The second kappa shape index (κ2) is 11.8. The largest absolute Gasteiger partial charge is 0.490 e. The summed E-state index contributed by atoms with van der Waals surface area (Å²) in [5.74, 6) is -0.749. The number of nitrogens with zero attached hydrogens (tertiary/aromatic N) is 1. The van der Waals surface area contributed by atoms with Gasteiger partial charge in [-0.1, -0.05) is 36.4 Å². The Bertz CT molecular complexity index is 1830. The minimum absolute atomic E-state index is 0.0590. The third-order valence-electron chi connectivity index (χ3n) is 7.56. The first-order valence-electron chi connectivity index (χ1n) is 13.9. The standard InChI is InChI=1S/C32H29F3N2O4S2/c1-20(32(33,34)35)22-13-14-36-26(17-22)25-10-5-9-23-18-29(42-31(23)25)30(21-7-3-2-4-8-21)37-43(38,39)24-11-12-27-28(19-24)41-16-6-15-40-27/h3,5,7-14,17-20,30,37H,2,4,6,15-16H2,1H3/t20?,30-/m0/s1. The minimum Gasteiger partial charge on any atom is -0.490 e. The molecule has 3 heterocycles. The normalized spacial score (nSPS) is 16.9. The van der Waals surface area contributed by atoms with E-state index in [1.54, 1.807) is 6.07 Å². The molecule has 4 aromatic rings. The maximum absolute atomic E-state index is 13.8. The van der Waals surface area contributed by atoms with E-state index in [-0.39, 0.29) is 10.5 Å². The number of sulfonamides is 1. The Morgan fingerprint density at radius 3 is 2.58 bits per heavy atom. The van der Waals surface area contributed by atoms with Gasteiger partial charge in [0.15, 0.2) is 11.5 Å². The highest BCUT2D eigenvalue weighted by atomic mass is 32.2. The molecule has 1 N–H and O–H groups in total. The summed E-state index contributed by atoms with van der Waals surface area (Å²) in [6.07, 6.45) is 5.33. The number of aromatic nitrogens is 1. The molecule has 6 nitrogen and oxygen atoms in total. The van der Waals surface area contributed by atoms with Crippen molar-refractivity contribution in [2.75, 3.05) is 13.2 Å². The van der Waals surface area contributed by atoms with Gasteiger partial charge in [0.2, 0.25) is 10.0 Å². The zero-order valence-corrected chi connectivity index (χ0v) is 24.9. The van der Waals surface area contributed by atoms with Gasteiger partial charge in [-0.05, 0) is 66.6 Å². The molecule has 1 aliphatic heterocycles. The predicted molar refractivity (Wildman–Crippen MR) is 161 cm³/mol. The van der Waals surface area contributed by atoms with Crippen LogP contribution in [0, 0.1) is 0 Å². The van der Waals surface area contributed by atoms with Crippen LogP contribution in [-0.4, -0.2) is 32.8 Å². The topological polar surface area (TPSA) is 77.5 Å². The maximum atomic E-state index is 13.8. The molecule has 0 amide bonds. The van der Waals surface area contributed by atoms with Gasteiger partial charge < -0.3 is 9.47 Å². The van der Waals surface area contributed by atoms with Gasteiger partial charge in [-0.15, -0.1) is 11.3 Å². The lowest BCUT2D eigenvalue weighted by Gasteiger charge is -2.21. The summed E-state index contributed by atoms with van der Waals surface area (Å²) < 4.78 is 83.0. The summed E-state index contributed by atoms with van der Waals surface area (Å²) in [5, 5.41) is 0.841. The van der Waals surface area contributed by atoms with Crippen LogP contribution in [0.4, 0.5) is 13.2 Å². The van der Waals surface area contributed by atoms with Crippen molar-refractivity contribution in [3.05, 3.63) is 95.0 Å². The second-order valence-electron chi connectivity index (χ2n) is 10.5. The number of alkyl halides is 3. The molecule has 6 rings (SSSR count). The van der Waals surface area contributed by atoms with E-state index in [4.69, 9.17) is 9.47 Å². The van der Waals surface area contributed by atoms with Gasteiger partial charge in [-0.3, -0.25) is 4.98 Å². The molecule has 43 heavy (non-hydrogen) atoms. The van der Waals surface area contributed by atoms with Crippen LogP contribution in [0.25, 0.3) is 21.3 Å². The number of pyridine rings is 1. The van der Waals surface area contributed by atoms with Gasteiger partial charge in [-0.2, -0.15) is 17.9 Å². The van der Waals surface area contributed by atoms with Crippen LogP contribution >= 0.6 is 11.3 Å². The monoisotopic (exact) mass is 626 g/mol. The molecule has 1 unspecified atom stereocenters. The van der Waals surface area contributed by atoms with Crippen molar-refractivity contribution in [1.82, 2.24) is 9.71 Å². The molecule has 2 aliphatic rings. The van der Waals surface area contributed by atoms with Crippen molar-refractivity contribution in [3.8, 4) is 22.8 Å². The van der Waals surface area contributed by atoms with Crippen LogP contribution in [0.15, 0.2) is 89.5 Å². The Hall–Kier alpha value is -3.67. The predicted octanol–water partition coefficient (Wildman–Crippen LogP) is 8.09. The fourth-order valence-corrected chi connectivity index (χ4v) is 7.71. The molecular weight excluding hydrogens is 597 g/mol. The van der Waals surface area contributed by atoms with E-state index in [0.717, 1.165) is 40.3 Å². The quantitative estimate of drug-likeness (QED) is 0.224. The van der Waals surface area contributed by atoms with Crippen LogP contribution in [0.1, 0.15) is 48.6 Å². The maximum Gasteiger partial charge on any atom is 0.395 e. The Kier molecular flexibility index (Phi) is 8.06. The Morgan fingerprint density at radius 2 is 1.81 bits per heavy atom. The number of ether oxygens (including phenoxy) is 2. The molecule has 1 aliphatic carbocycles. The number of nitrogens with one attached hydrogen (secondary N) is 1. The molecule has 11 heteroatoms. The van der Waals surface area contributed by atoms with Crippen molar-refractivity contribution in [1.29, 1.82) is 0 Å². The lowest BCUT2D eigenvalue weighted by atomic mass is 9.98. The highest BCUT2D eigenvalue weighted by Crippen LogP contribution is 2.41. The molecule has 0 saturated carbocycles. The molecule has 0 spiro atoms. The Balaban J connectivity index is 1.39. The molecule has 2 aromatic heterocycles. The molecule has 0 radical (unpaired) electrons. The van der Waals surface area contributed by atoms with Crippen LogP contribution in [0.2, 0.25) is 0 Å². The van der Waals surface area contributed by atoms with Crippen molar-refractivity contribution in [3.63, 3.8) is 0 Å². The van der Waals surface area contributed by atoms with Crippen molar-refractivity contribution >= 4 is 31.4 Å². The van der Waals surface area contributed by atoms with E-state index in [1.165, 1.54) is 41.8 Å². The zero-order valence-electron chi connectivity index (χ0n) is 23.2. The van der Waals surface area contributed by atoms with Gasteiger partial charge >= 0.3 is 6.18 Å². The Morgan fingerprint density at radius 1 is 1.00 bits per heavy atom. The van der Waals surface area contributed by atoms with Crippen LogP contribution in [-0.2, 0) is 10.0 Å². The molecule has 0 bridgehead atoms. The number of fused-ring (bicyclic) bond motifs is 2. The van der Waals surface area contributed by atoms with E-state index < -0.39 is 28.2 Å². The van der Waals surface area contributed by atoms with Gasteiger partial charge in [0.1, 0.15) is 0 Å². The average Bonchev–Trinajstić information content (AvgIpc) is 3.30. The number of hydrogen-bond acceptors (Lipinski definition) is 6. The third-order valence-corrected chi connectivity index (χ3v) is 10.2. The number of allylic oxidation sites excluding steroid dienone is 2. The molecule has 2 atom stereocenters. The highest BCUT2D eigenvalue weighted by molar-refractivity contribution is 7.89.